The van der Waals surface area contributed by atoms with Gasteiger partial charge in [0.05, 0.1) is 6.21 Å². The van der Waals surface area contributed by atoms with Crippen LogP contribution >= 0.6 is 0 Å². The average molecular weight is 220 g/mol. The highest BCUT2D eigenvalue weighted by Crippen LogP contribution is 2.10. The van der Waals surface area contributed by atoms with Crippen molar-refractivity contribution in [2.24, 2.45) is 15.8 Å². The molecule has 0 amide bonds. The number of nitrogens with zero attached hydrogens (tertiary/aromatic N) is 2. The number of aliphatic imine (C=N–C) groups is 1. The van der Waals surface area contributed by atoms with E-state index in [9.17, 15) is 0 Å². The lowest BCUT2D eigenvalue weighted by Gasteiger charge is -2.02. The number of nitrogens with one attached hydrogen (secondary N) is 1. The number of nitrogens with two attached hydrogens (primary N) is 1. The van der Waals surface area contributed by atoms with Crippen LogP contribution in [0.3, 0.4) is 0 Å². The molecule has 5 nitrogen and oxygen atoms in total. The third-order valence-corrected chi connectivity index (χ3v) is 1.86. The van der Waals surface area contributed by atoms with E-state index in [1.165, 1.54) is 5.56 Å². The molecule has 0 aliphatic rings. The third kappa shape index (κ3) is 4.45. The molecule has 1 aromatic carbocycles. The second-order valence-corrected chi connectivity index (χ2v) is 3.16. The molecule has 0 bridgehead atoms. The van der Waals surface area contributed by atoms with Gasteiger partial charge >= 0.3 is 0 Å². The number of guanidine groups is 1. The van der Waals surface area contributed by atoms with Gasteiger partial charge in [-0.05, 0) is 19.1 Å². The zero-order valence-corrected chi connectivity index (χ0v) is 9.47. The van der Waals surface area contributed by atoms with Crippen molar-refractivity contribution in [2.75, 3.05) is 13.7 Å². The first-order valence-electron chi connectivity index (χ1n) is 4.91. The Morgan fingerprint density at radius 3 is 2.75 bits per heavy atom. The van der Waals surface area contributed by atoms with Crippen molar-refractivity contribution in [3.63, 3.8) is 0 Å². The molecule has 0 saturated carbocycles. The topological polar surface area (TPSA) is 72.0 Å². The van der Waals surface area contributed by atoms with Crippen LogP contribution in [0.4, 0.5) is 0 Å². The van der Waals surface area contributed by atoms with E-state index in [2.05, 4.69) is 15.5 Å². The maximum atomic E-state index is 5.41. The van der Waals surface area contributed by atoms with E-state index in [4.69, 9.17) is 10.5 Å². The highest BCUT2D eigenvalue weighted by molar-refractivity contribution is 5.78. The van der Waals surface area contributed by atoms with Crippen molar-refractivity contribution in [3.05, 3.63) is 29.8 Å². The monoisotopic (exact) mass is 220 g/mol. The Labute approximate surface area is 95.0 Å². The molecule has 0 heterocycles. The lowest BCUT2D eigenvalue weighted by molar-refractivity contribution is 0.380. The Balaban J connectivity index is 2.28. The van der Waals surface area contributed by atoms with Gasteiger partial charge in [0, 0.05) is 7.05 Å². The second kappa shape index (κ2) is 6.44. The molecular formula is C11H16N4O. The van der Waals surface area contributed by atoms with Crippen LogP contribution in [0.15, 0.2) is 34.4 Å². The van der Waals surface area contributed by atoms with Crippen molar-refractivity contribution in [1.29, 1.82) is 0 Å². The number of ether oxygens (including phenoxy) is 1. The van der Waals surface area contributed by atoms with Crippen LogP contribution in [0.5, 0.6) is 5.75 Å². The van der Waals surface area contributed by atoms with Gasteiger partial charge in [0.2, 0.25) is 5.96 Å². The summed E-state index contributed by atoms with van der Waals surface area (Å²) in [6.07, 6.45) is 1.58. The van der Waals surface area contributed by atoms with Crippen molar-refractivity contribution < 1.29 is 4.74 Å². The van der Waals surface area contributed by atoms with Crippen LogP contribution in [0.1, 0.15) is 5.56 Å². The third-order valence-electron chi connectivity index (χ3n) is 1.86. The van der Waals surface area contributed by atoms with Crippen LogP contribution in [-0.4, -0.2) is 25.8 Å². The summed E-state index contributed by atoms with van der Waals surface area (Å²) in [4.78, 5) is 3.68. The largest absolute Gasteiger partial charge is 0.488 e. The number of hydrogen-bond acceptors (Lipinski definition) is 3. The fraction of sp³-hybridized carbons (Fsp3) is 0.273. The number of hydrogen-bond donors (Lipinski definition) is 2. The fourth-order valence-electron chi connectivity index (χ4n) is 0.967. The van der Waals surface area contributed by atoms with E-state index in [1.807, 2.05) is 31.2 Å². The molecular weight excluding hydrogens is 204 g/mol. The van der Waals surface area contributed by atoms with Gasteiger partial charge in [-0.15, -0.1) is 0 Å². The smallest absolute Gasteiger partial charge is 0.209 e. The zero-order chi connectivity index (χ0) is 11.8. The van der Waals surface area contributed by atoms with Crippen molar-refractivity contribution in [2.45, 2.75) is 6.92 Å². The Morgan fingerprint density at radius 1 is 1.44 bits per heavy atom. The molecule has 3 N–H and O–H groups in total. The van der Waals surface area contributed by atoms with E-state index >= 15 is 0 Å². The molecule has 1 rings (SSSR count). The highest BCUT2D eigenvalue weighted by Gasteiger charge is 1.90. The zero-order valence-electron chi connectivity index (χ0n) is 9.47. The van der Waals surface area contributed by atoms with Gasteiger partial charge in [0.1, 0.15) is 12.4 Å². The summed E-state index contributed by atoms with van der Waals surface area (Å²) >= 11 is 0. The van der Waals surface area contributed by atoms with E-state index < -0.39 is 0 Å². The molecule has 0 atom stereocenters. The van der Waals surface area contributed by atoms with E-state index in [1.54, 1.807) is 13.3 Å². The van der Waals surface area contributed by atoms with Gasteiger partial charge in [0.15, 0.2) is 0 Å². The first-order chi connectivity index (χ1) is 7.72. The summed E-state index contributed by atoms with van der Waals surface area (Å²) in [5.41, 5.74) is 9.12. The first kappa shape index (κ1) is 12.0. The highest BCUT2D eigenvalue weighted by atomic mass is 16.5. The van der Waals surface area contributed by atoms with Crippen LogP contribution < -0.4 is 15.9 Å². The van der Waals surface area contributed by atoms with Crippen LogP contribution in [0, 0.1) is 6.92 Å². The minimum absolute atomic E-state index is 0.270. The summed E-state index contributed by atoms with van der Waals surface area (Å²) in [6, 6.07) is 7.82. The summed E-state index contributed by atoms with van der Waals surface area (Å²) in [5.74, 6) is 1.08. The van der Waals surface area contributed by atoms with Crippen molar-refractivity contribution in [1.82, 2.24) is 5.43 Å². The predicted octanol–water partition coefficient (Wildman–Crippen LogP) is 0.894. The molecule has 5 heteroatoms. The minimum atomic E-state index is 0.270. The number of rotatable bonds is 4. The molecule has 1 aromatic rings. The summed E-state index contributed by atoms with van der Waals surface area (Å²) in [7, 11) is 1.58. The van der Waals surface area contributed by atoms with Gasteiger partial charge in [-0.3, -0.25) is 4.99 Å². The maximum absolute atomic E-state index is 5.41. The Bertz CT molecular complexity index is 370. The molecule has 86 valence electrons. The van der Waals surface area contributed by atoms with E-state index in [0.29, 0.717) is 6.61 Å². The molecule has 0 unspecified atom stereocenters. The van der Waals surface area contributed by atoms with Gasteiger partial charge in [-0.2, -0.15) is 5.10 Å². The van der Waals surface area contributed by atoms with Crippen molar-refractivity contribution in [3.8, 4) is 5.75 Å². The molecule has 0 aliphatic heterocycles. The fourth-order valence-corrected chi connectivity index (χ4v) is 0.967. The van der Waals surface area contributed by atoms with Gasteiger partial charge in [-0.25, -0.2) is 5.43 Å². The van der Waals surface area contributed by atoms with E-state index in [0.717, 1.165) is 5.75 Å². The lowest BCUT2D eigenvalue weighted by atomic mass is 10.2. The van der Waals surface area contributed by atoms with Gasteiger partial charge < -0.3 is 10.5 Å². The molecule has 0 aromatic heterocycles. The number of benzene rings is 1. The number of hydrazone groups is 1. The Morgan fingerprint density at radius 2 is 2.12 bits per heavy atom. The lowest BCUT2D eigenvalue weighted by Crippen LogP contribution is -2.27. The second-order valence-electron chi connectivity index (χ2n) is 3.16. The minimum Gasteiger partial charge on any atom is -0.488 e. The van der Waals surface area contributed by atoms with E-state index in [-0.39, 0.29) is 5.96 Å². The quantitative estimate of drug-likeness (QED) is 0.450. The van der Waals surface area contributed by atoms with Crippen LogP contribution in [0.25, 0.3) is 0 Å². The molecule has 16 heavy (non-hydrogen) atoms. The Kier molecular flexibility index (Phi) is 4.85. The van der Waals surface area contributed by atoms with Crippen molar-refractivity contribution >= 4 is 12.2 Å². The predicted molar refractivity (Wildman–Crippen MR) is 65.8 cm³/mol. The summed E-state index contributed by atoms with van der Waals surface area (Å²) < 4.78 is 5.41. The van der Waals surface area contributed by atoms with Gasteiger partial charge in [-0.1, -0.05) is 17.7 Å². The number of aryl methyl sites for hydroxylation is 1. The van der Waals surface area contributed by atoms with Crippen LogP contribution in [0.2, 0.25) is 0 Å². The first-order valence-corrected chi connectivity index (χ1v) is 4.91. The summed E-state index contributed by atoms with van der Waals surface area (Å²) in [6.45, 7) is 2.41. The molecule has 0 aliphatic carbocycles. The average Bonchev–Trinajstić information content (AvgIpc) is 2.31. The normalized spacial score (nSPS) is 11.8. The standard InChI is InChI=1S/C11H16N4O/c1-9-3-5-10(6-4-9)16-8-7-14-15-11(12)13-2/h3-7H,8H2,1-2H3,(H3,12,13,15)/b14-7-. The molecule has 0 radical (unpaired) electrons. The van der Waals surface area contributed by atoms with Crippen LogP contribution in [-0.2, 0) is 0 Å². The Hall–Kier alpha value is -2.04. The summed E-state index contributed by atoms with van der Waals surface area (Å²) in [5, 5.41) is 3.82. The van der Waals surface area contributed by atoms with Gasteiger partial charge in [0.25, 0.3) is 0 Å². The molecule has 0 spiro atoms. The maximum Gasteiger partial charge on any atom is 0.209 e. The SMILES string of the molecule is CN=C(N)N/N=C\COc1ccc(C)cc1. The molecule has 0 saturated heterocycles. The molecule has 0 fully saturated rings.